The molecule has 0 amide bonds. The molecule has 0 aromatic carbocycles. The van der Waals surface area contributed by atoms with Crippen molar-refractivity contribution in [2.24, 2.45) is 10.7 Å². The van der Waals surface area contributed by atoms with Gasteiger partial charge in [0.1, 0.15) is 0 Å². The van der Waals surface area contributed by atoms with Crippen LogP contribution >= 0.6 is 9.03 Å². The van der Waals surface area contributed by atoms with Gasteiger partial charge < -0.3 is 1.43 Å². The Labute approximate surface area is 50.8 Å². The molecule has 0 bridgehead atoms. The van der Waals surface area contributed by atoms with E-state index in [1.807, 2.05) is 0 Å². The second-order valence-electron chi connectivity index (χ2n) is 0.129. The summed E-state index contributed by atoms with van der Waals surface area (Å²) >= 11 is 0. The maximum Gasteiger partial charge on any atom is 1.00 e. The molecule has 0 saturated carbocycles. The molecule has 0 fully saturated rings. The van der Waals surface area contributed by atoms with E-state index in [1.165, 1.54) is 0 Å². The Kier molecular flexibility index (Phi) is 19.9. The maximum atomic E-state index is 4.39. The van der Waals surface area contributed by atoms with Gasteiger partial charge in [0, 0.05) is 9.03 Å². The van der Waals surface area contributed by atoms with Gasteiger partial charge in [0.05, 0.1) is 0 Å². The second-order valence-corrected chi connectivity index (χ2v) is 0.387. The van der Waals surface area contributed by atoms with Gasteiger partial charge in [-0.25, -0.2) is 5.84 Å². The normalized spacial score (nSPS) is 3.25. The molecular formula is H4N2NaP. The van der Waals surface area contributed by atoms with Crippen LogP contribution in [0.15, 0.2) is 4.85 Å². The Bertz CT molecular complexity index is 17.1. The predicted octanol–water partition coefficient (Wildman–Crippen LogP) is -2.70. The van der Waals surface area contributed by atoms with Gasteiger partial charge in [-0.15, -0.1) is 0 Å². The van der Waals surface area contributed by atoms with Gasteiger partial charge in [0.25, 0.3) is 0 Å². The molecule has 20 valence electrons. The Hall–Kier alpha value is 1.06. The molecule has 4 heavy (non-hydrogen) atoms. The van der Waals surface area contributed by atoms with Gasteiger partial charge >= 0.3 is 29.6 Å². The minimum absolute atomic E-state index is 0. The van der Waals surface area contributed by atoms with Gasteiger partial charge in [-0.3, -0.25) is 0 Å². The van der Waals surface area contributed by atoms with Crippen molar-refractivity contribution in [1.29, 1.82) is 0 Å². The Morgan fingerprint density at radius 3 is 2.00 bits per heavy atom. The van der Waals surface area contributed by atoms with Crippen LogP contribution in [0, 0.1) is 0 Å². The Balaban J connectivity index is -0.0000000200. The van der Waals surface area contributed by atoms with E-state index in [1.54, 1.807) is 0 Å². The van der Waals surface area contributed by atoms with Crippen LogP contribution in [0.1, 0.15) is 1.43 Å². The summed E-state index contributed by atoms with van der Waals surface area (Å²) in [5, 5.41) is 0. The Morgan fingerprint density at radius 1 is 2.00 bits per heavy atom. The van der Waals surface area contributed by atoms with Gasteiger partial charge in [-0.05, 0) is 0 Å². The molecule has 0 aliphatic carbocycles. The summed E-state index contributed by atoms with van der Waals surface area (Å²) in [5.74, 6) is 4.39. The zero-order valence-corrected chi connectivity index (χ0v) is 5.52. The molecule has 0 aromatic heterocycles. The van der Waals surface area contributed by atoms with Crippen LogP contribution in [0.3, 0.4) is 0 Å². The molecule has 0 aliphatic heterocycles. The fourth-order valence-electron chi connectivity index (χ4n) is 0. The third-order valence-corrected chi connectivity index (χ3v) is 0. The minimum Gasteiger partial charge on any atom is -1.00 e. The van der Waals surface area contributed by atoms with Crippen LogP contribution in [0.2, 0.25) is 0 Å². The first-order valence-electron chi connectivity index (χ1n) is 0.482. The number of hydrogen-bond acceptors (Lipinski definition) is 1. The summed E-state index contributed by atoms with van der Waals surface area (Å²) in [6.07, 6.45) is 0. The SMILES string of the molecule is NN=P.[H-].[Na+]. The molecule has 0 aliphatic rings. The fourth-order valence-corrected chi connectivity index (χ4v) is 0. The van der Waals surface area contributed by atoms with Crippen LogP contribution in [-0.4, -0.2) is 0 Å². The standard InChI is InChI=1S/H3N2P.Na.H/c1-2-3;;/h3H,1H2;;/q;+1;-1. The van der Waals surface area contributed by atoms with Crippen LogP contribution in [0.4, 0.5) is 0 Å². The van der Waals surface area contributed by atoms with E-state index < -0.39 is 0 Å². The summed E-state index contributed by atoms with van der Waals surface area (Å²) in [7, 11) is 2.59. The minimum atomic E-state index is 0. The molecule has 2 nitrogen and oxygen atoms in total. The van der Waals surface area contributed by atoms with E-state index in [2.05, 4.69) is 19.7 Å². The van der Waals surface area contributed by atoms with Crippen LogP contribution < -0.4 is 35.4 Å². The van der Waals surface area contributed by atoms with Crippen molar-refractivity contribution < 1.29 is 31.0 Å². The van der Waals surface area contributed by atoms with Crippen molar-refractivity contribution in [3.8, 4) is 0 Å². The molecule has 0 heterocycles. The second kappa shape index (κ2) is 8.96. The van der Waals surface area contributed by atoms with E-state index in [0.29, 0.717) is 0 Å². The van der Waals surface area contributed by atoms with E-state index >= 15 is 0 Å². The van der Waals surface area contributed by atoms with Crippen molar-refractivity contribution in [2.75, 3.05) is 0 Å². The number of hydrogen-bond donors (Lipinski definition) is 1. The molecule has 0 saturated heterocycles. The summed E-state index contributed by atoms with van der Waals surface area (Å²) < 4.78 is 0. The number of nitrogens with two attached hydrogens (primary N) is 1. The number of rotatable bonds is 0. The molecular weight excluding hydrogens is 82.0 g/mol. The summed E-state index contributed by atoms with van der Waals surface area (Å²) in [6.45, 7) is 0. The van der Waals surface area contributed by atoms with Crippen LogP contribution in [0.5, 0.6) is 0 Å². The summed E-state index contributed by atoms with van der Waals surface area (Å²) in [4.78, 5) is 2.81. The third-order valence-electron chi connectivity index (χ3n) is 0. The smallest absolute Gasteiger partial charge is 1.00 e. The van der Waals surface area contributed by atoms with Gasteiger partial charge in [-0.1, -0.05) is 0 Å². The van der Waals surface area contributed by atoms with Gasteiger partial charge in [0.2, 0.25) is 0 Å². The van der Waals surface area contributed by atoms with Crippen molar-refractivity contribution in [3.63, 3.8) is 0 Å². The largest absolute Gasteiger partial charge is 1.00 e. The van der Waals surface area contributed by atoms with Crippen molar-refractivity contribution in [1.82, 2.24) is 0 Å². The van der Waals surface area contributed by atoms with E-state index in [0.717, 1.165) is 0 Å². The van der Waals surface area contributed by atoms with Crippen LogP contribution in [0.25, 0.3) is 0 Å². The molecule has 0 spiro atoms. The zero-order valence-electron chi connectivity index (χ0n) is 3.52. The third kappa shape index (κ3) is 11.6. The molecule has 0 atom stereocenters. The monoisotopic (exact) mass is 86.0 g/mol. The van der Waals surface area contributed by atoms with E-state index in [4.69, 9.17) is 0 Å². The molecule has 0 radical (unpaired) electrons. The van der Waals surface area contributed by atoms with Crippen LogP contribution in [-0.2, 0) is 0 Å². The first kappa shape index (κ1) is 8.91. The fraction of sp³-hybridized carbons (Fsp3) is 0. The van der Waals surface area contributed by atoms with Crippen molar-refractivity contribution in [2.45, 2.75) is 0 Å². The first-order valence-corrected chi connectivity index (χ1v) is 0.929. The Morgan fingerprint density at radius 2 is 2.00 bits per heavy atom. The quantitative estimate of drug-likeness (QED) is 0.148. The van der Waals surface area contributed by atoms with Gasteiger partial charge in [0.15, 0.2) is 0 Å². The predicted molar refractivity (Wildman–Crippen MR) is 16.0 cm³/mol. The average molecular weight is 86.0 g/mol. The molecule has 0 aromatic rings. The van der Waals surface area contributed by atoms with Crippen molar-refractivity contribution >= 4 is 9.03 Å². The molecule has 0 rings (SSSR count). The van der Waals surface area contributed by atoms with Crippen molar-refractivity contribution in [3.05, 3.63) is 0 Å². The zero-order chi connectivity index (χ0) is 2.71. The van der Waals surface area contributed by atoms with E-state index in [9.17, 15) is 0 Å². The number of nitrogens with zero attached hydrogens (tertiary/aromatic N) is 1. The molecule has 0 unspecified atom stereocenters. The molecule has 2 N–H and O–H groups in total. The summed E-state index contributed by atoms with van der Waals surface area (Å²) in [5.41, 5.74) is 0. The average Bonchev–Trinajstić information content (AvgIpc) is 0.918. The van der Waals surface area contributed by atoms with Gasteiger partial charge in [-0.2, -0.15) is 4.85 Å². The summed E-state index contributed by atoms with van der Waals surface area (Å²) in [6, 6.07) is 0. The maximum absolute atomic E-state index is 4.39. The topological polar surface area (TPSA) is 38.4 Å². The first-order chi connectivity index (χ1) is 1.41. The molecule has 4 heteroatoms. The van der Waals surface area contributed by atoms with E-state index in [-0.39, 0.29) is 31.0 Å².